The minimum absolute atomic E-state index is 0.112. The number of alkyl halides is 3. The Morgan fingerprint density at radius 3 is 2.24 bits per heavy atom. The van der Waals surface area contributed by atoms with Gasteiger partial charge in [-0.2, -0.15) is 18.3 Å². The Labute approximate surface area is 193 Å². The molecule has 0 unspecified atom stereocenters. The van der Waals surface area contributed by atoms with E-state index in [4.69, 9.17) is 4.74 Å². The first-order valence-electron chi connectivity index (χ1n) is 10.2. The molecule has 174 valence electrons. The third-order valence-electron chi connectivity index (χ3n) is 5.31. The van der Waals surface area contributed by atoms with Gasteiger partial charge in [0.15, 0.2) is 5.82 Å². The highest BCUT2D eigenvalue weighted by Gasteiger charge is 2.30. The molecule has 0 spiro atoms. The summed E-state index contributed by atoms with van der Waals surface area (Å²) in [5, 5.41) is 7.12. The first-order valence-corrected chi connectivity index (χ1v) is 10.2. The zero-order valence-corrected chi connectivity index (χ0v) is 18.5. The van der Waals surface area contributed by atoms with Gasteiger partial charge in [-0.3, -0.25) is 4.79 Å². The summed E-state index contributed by atoms with van der Waals surface area (Å²) in [4.78, 5) is 20.7. The van der Waals surface area contributed by atoms with Crippen molar-refractivity contribution in [1.29, 1.82) is 0 Å². The van der Waals surface area contributed by atoms with Crippen LogP contribution in [0.25, 0.3) is 5.82 Å². The average Bonchev–Trinajstić information content (AvgIpc) is 3.07. The van der Waals surface area contributed by atoms with Gasteiger partial charge in [-0.1, -0.05) is 0 Å². The van der Waals surface area contributed by atoms with Gasteiger partial charge in [-0.05, 0) is 74.9 Å². The van der Waals surface area contributed by atoms with Gasteiger partial charge in [-0.15, -0.1) is 0 Å². The number of anilines is 1. The van der Waals surface area contributed by atoms with Crippen molar-refractivity contribution in [2.45, 2.75) is 26.9 Å². The maximum atomic E-state index is 12.7. The number of hydrogen-bond donors (Lipinski definition) is 1. The summed E-state index contributed by atoms with van der Waals surface area (Å²) in [6.45, 7) is 5.87. The van der Waals surface area contributed by atoms with Crippen LogP contribution in [0.5, 0.6) is 11.6 Å². The van der Waals surface area contributed by atoms with Gasteiger partial charge >= 0.3 is 6.18 Å². The van der Waals surface area contributed by atoms with E-state index in [1.54, 1.807) is 35.0 Å². The van der Waals surface area contributed by atoms with Crippen LogP contribution in [0.2, 0.25) is 0 Å². The highest BCUT2D eigenvalue weighted by Crippen LogP contribution is 2.29. The molecule has 0 saturated heterocycles. The second-order valence-electron chi connectivity index (χ2n) is 7.58. The first kappa shape index (κ1) is 23.0. The highest BCUT2D eigenvalue weighted by atomic mass is 19.4. The van der Waals surface area contributed by atoms with E-state index in [2.05, 4.69) is 20.4 Å². The maximum absolute atomic E-state index is 12.7. The van der Waals surface area contributed by atoms with Crippen LogP contribution in [0.3, 0.4) is 0 Å². The van der Waals surface area contributed by atoms with E-state index in [0.29, 0.717) is 23.1 Å². The second kappa shape index (κ2) is 8.97. The van der Waals surface area contributed by atoms with Crippen molar-refractivity contribution < 1.29 is 22.7 Å². The molecule has 0 saturated carbocycles. The predicted molar refractivity (Wildman–Crippen MR) is 119 cm³/mol. The molecule has 0 aliphatic carbocycles. The van der Waals surface area contributed by atoms with E-state index >= 15 is 0 Å². The van der Waals surface area contributed by atoms with Gasteiger partial charge in [0.1, 0.15) is 12.1 Å². The molecule has 2 aromatic carbocycles. The molecular formula is C24H20F3N5O2. The molecule has 34 heavy (non-hydrogen) atoms. The molecule has 4 rings (SSSR count). The van der Waals surface area contributed by atoms with Crippen LogP contribution in [0, 0.1) is 20.8 Å². The van der Waals surface area contributed by atoms with Crippen molar-refractivity contribution in [1.82, 2.24) is 19.7 Å². The molecule has 1 N–H and O–H groups in total. The number of carbonyl (C=O) groups excluding carboxylic acids is 1. The molecule has 1 amide bonds. The predicted octanol–water partition coefficient (Wildman–Crippen LogP) is 5.65. The Morgan fingerprint density at radius 2 is 1.65 bits per heavy atom. The van der Waals surface area contributed by atoms with E-state index in [0.717, 1.165) is 41.2 Å². The van der Waals surface area contributed by atoms with E-state index in [1.807, 2.05) is 20.8 Å². The van der Waals surface area contributed by atoms with Crippen molar-refractivity contribution >= 4 is 11.6 Å². The third kappa shape index (κ3) is 4.90. The molecule has 0 aliphatic rings. The van der Waals surface area contributed by atoms with Crippen LogP contribution in [0.4, 0.5) is 18.9 Å². The van der Waals surface area contributed by atoms with E-state index < -0.39 is 17.6 Å². The number of nitrogens with one attached hydrogen (secondary N) is 1. The number of halogens is 3. The SMILES string of the molecule is Cc1nn(-c2cc(Oc3ccc(NC(=O)c4ccc(C(F)(F)F)cc4)cc3)ncn2)c(C)c1C. The number of rotatable bonds is 5. The van der Waals surface area contributed by atoms with Gasteiger partial charge in [0, 0.05) is 23.0 Å². The quantitative estimate of drug-likeness (QED) is 0.410. The number of aryl methyl sites for hydroxylation is 1. The summed E-state index contributed by atoms with van der Waals surface area (Å²) < 4.78 is 45.6. The lowest BCUT2D eigenvalue weighted by Crippen LogP contribution is -2.12. The van der Waals surface area contributed by atoms with Crippen LogP contribution >= 0.6 is 0 Å². The van der Waals surface area contributed by atoms with Gasteiger partial charge in [0.25, 0.3) is 5.91 Å². The van der Waals surface area contributed by atoms with Gasteiger partial charge in [0.2, 0.25) is 5.88 Å². The summed E-state index contributed by atoms with van der Waals surface area (Å²) in [7, 11) is 0. The van der Waals surface area contributed by atoms with Crippen molar-refractivity contribution in [3.8, 4) is 17.4 Å². The topological polar surface area (TPSA) is 81.9 Å². The van der Waals surface area contributed by atoms with Gasteiger partial charge in [0.05, 0.1) is 11.3 Å². The van der Waals surface area contributed by atoms with Crippen LogP contribution in [0.15, 0.2) is 60.9 Å². The summed E-state index contributed by atoms with van der Waals surface area (Å²) >= 11 is 0. The molecule has 0 radical (unpaired) electrons. The molecule has 4 aromatic rings. The summed E-state index contributed by atoms with van der Waals surface area (Å²) in [6.07, 6.45) is -3.07. The lowest BCUT2D eigenvalue weighted by atomic mass is 10.1. The number of benzene rings is 2. The fourth-order valence-electron chi connectivity index (χ4n) is 3.19. The summed E-state index contributed by atoms with van der Waals surface area (Å²) in [5.74, 6) is 0.834. The average molecular weight is 467 g/mol. The number of aromatic nitrogens is 4. The van der Waals surface area contributed by atoms with Crippen LogP contribution in [-0.4, -0.2) is 25.7 Å². The zero-order valence-electron chi connectivity index (χ0n) is 18.5. The Bertz CT molecular complexity index is 1330. The fourth-order valence-corrected chi connectivity index (χ4v) is 3.19. The van der Waals surface area contributed by atoms with Crippen LogP contribution in [-0.2, 0) is 6.18 Å². The number of carbonyl (C=O) groups is 1. The van der Waals surface area contributed by atoms with Crippen molar-refractivity contribution in [3.63, 3.8) is 0 Å². The van der Waals surface area contributed by atoms with Crippen molar-refractivity contribution in [2.24, 2.45) is 0 Å². The Kier molecular flexibility index (Phi) is 6.06. The Hall–Kier alpha value is -4.21. The minimum Gasteiger partial charge on any atom is -0.439 e. The van der Waals surface area contributed by atoms with E-state index in [9.17, 15) is 18.0 Å². The van der Waals surface area contributed by atoms with Gasteiger partial charge < -0.3 is 10.1 Å². The van der Waals surface area contributed by atoms with Crippen LogP contribution in [0.1, 0.15) is 32.9 Å². The molecular weight excluding hydrogens is 447 g/mol. The highest BCUT2D eigenvalue weighted by molar-refractivity contribution is 6.04. The normalized spacial score (nSPS) is 11.4. The molecule has 10 heteroatoms. The standard InChI is InChI=1S/C24H20F3N5O2/c1-14-15(2)31-32(16(14)3)21-12-22(29-13-28-21)34-20-10-8-19(9-11-20)30-23(33)17-4-6-18(7-5-17)24(25,26)27/h4-13H,1-3H3,(H,30,33). The van der Waals surface area contributed by atoms with Gasteiger partial charge in [-0.25, -0.2) is 14.6 Å². The first-order chi connectivity index (χ1) is 16.1. The Morgan fingerprint density at radius 1 is 0.971 bits per heavy atom. The maximum Gasteiger partial charge on any atom is 0.416 e. The lowest BCUT2D eigenvalue weighted by Gasteiger charge is -2.10. The molecule has 0 atom stereocenters. The summed E-state index contributed by atoms with van der Waals surface area (Å²) in [5.41, 5.74) is 2.71. The van der Waals surface area contributed by atoms with Crippen molar-refractivity contribution in [2.75, 3.05) is 5.32 Å². The second-order valence-corrected chi connectivity index (χ2v) is 7.58. The Balaban J connectivity index is 1.43. The molecule has 2 aromatic heterocycles. The molecule has 0 aliphatic heterocycles. The number of nitrogens with zero attached hydrogens (tertiary/aromatic N) is 4. The monoisotopic (exact) mass is 467 g/mol. The van der Waals surface area contributed by atoms with Crippen molar-refractivity contribution in [3.05, 3.63) is 89.0 Å². The molecule has 2 heterocycles. The smallest absolute Gasteiger partial charge is 0.416 e. The molecule has 7 nitrogen and oxygen atoms in total. The molecule has 0 bridgehead atoms. The largest absolute Gasteiger partial charge is 0.439 e. The molecule has 0 fully saturated rings. The van der Waals surface area contributed by atoms with E-state index in [1.165, 1.54) is 6.33 Å². The minimum atomic E-state index is -4.45. The third-order valence-corrected chi connectivity index (χ3v) is 5.31. The number of ether oxygens (including phenoxy) is 1. The fraction of sp³-hybridized carbons (Fsp3) is 0.167. The number of amides is 1. The lowest BCUT2D eigenvalue weighted by molar-refractivity contribution is -0.137. The number of hydrogen-bond acceptors (Lipinski definition) is 5. The van der Waals surface area contributed by atoms with Crippen LogP contribution < -0.4 is 10.1 Å². The summed E-state index contributed by atoms with van der Waals surface area (Å²) in [6, 6.07) is 12.2. The van der Waals surface area contributed by atoms with E-state index in [-0.39, 0.29) is 5.56 Å². The zero-order chi connectivity index (χ0) is 24.5.